The minimum absolute atomic E-state index is 0. The van der Waals surface area contributed by atoms with Crippen LogP contribution in [0.15, 0.2) is 0 Å². The van der Waals surface area contributed by atoms with Gasteiger partial charge in [0.1, 0.15) is 0 Å². The maximum atomic E-state index is 10.3. The van der Waals surface area contributed by atoms with Gasteiger partial charge in [0.2, 0.25) is 0 Å². The number of thiol groups is 2. The molecule has 0 amide bonds. The first kappa shape index (κ1) is 12.6. The summed E-state index contributed by atoms with van der Waals surface area (Å²) in [7, 11) is 0. The van der Waals surface area contributed by atoms with E-state index in [1.54, 1.807) is 6.92 Å². The van der Waals surface area contributed by atoms with E-state index < -0.39 is 5.77 Å². The Morgan fingerprint density at radius 1 is 1.62 bits per heavy atom. The molecule has 0 spiro atoms. The first-order valence-electron chi connectivity index (χ1n) is 1.76. The van der Waals surface area contributed by atoms with Crippen LogP contribution in [0.2, 0.25) is 0 Å². The van der Waals surface area contributed by atoms with Gasteiger partial charge in [0, 0.05) is 0 Å². The predicted octanol–water partition coefficient (Wildman–Crippen LogP) is 1.34. The zero-order chi connectivity index (χ0) is 5.91. The molecule has 0 N–H and O–H groups in total. The van der Waals surface area contributed by atoms with E-state index in [1.165, 1.54) is 0 Å². The average Bonchev–Trinajstić information content (AvgIpc) is 1.30. The zero-order valence-electron chi connectivity index (χ0n) is 3.87. The van der Waals surface area contributed by atoms with Crippen LogP contribution in [0.25, 0.3) is 0 Å². The molecule has 0 aliphatic heterocycles. The molecule has 0 saturated heterocycles. The normalized spacial score (nSPS) is 10.4. The van der Waals surface area contributed by atoms with Crippen LogP contribution >= 0.6 is 30.3 Å². The molecular formula is C2H8NaO2PS2. The molecule has 0 bridgehead atoms. The quantitative estimate of drug-likeness (QED) is 0.383. The molecule has 2 nitrogen and oxygen atoms in total. The van der Waals surface area contributed by atoms with Crippen LogP contribution in [0.1, 0.15) is 6.92 Å². The Bertz CT molecular complexity index is 92.0. The fourth-order valence-electron chi connectivity index (χ4n) is 0.168. The predicted molar refractivity (Wildman–Crippen MR) is 44.4 cm³/mol. The van der Waals surface area contributed by atoms with E-state index in [0.29, 0.717) is 6.61 Å². The Morgan fingerprint density at radius 3 is 2.00 bits per heavy atom. The SMILES string of the molecule is CCOP(=O)(S)S.[NaH]. The molecule has 0 unspecified atom stereocenters. The second kappa shape index (κ2) is 5.66. The molecule has 0 heterocycles. The van der Waals surface area contributed by atoms with Crippen LogP contribution in [0.3, 0.4) is 0 Å². The summed E-state index contributed by atoms with van der Waals surface area (Å²) >= 11 is 7.06. The van der Waals surface area contributed by atoms with Crippen molar-refractivity contribution in [3.8, 4) is 0 Å². The second-order valence-corrected chi connectivity index (χ2v) is 6.25. The van der Waals surface area contributed by atoms with E-state index in [9.17, 15) is 4.57 Å². The molecular weight excluding hydrogens is 174 g/mol. The van der Waals surface area contributed by atoms with Gasteiger partial charge in [-0.15, -0.1) is 0 Å². The summed E-state index contributed by atoms with van der Waals surface area (Å²) < 4.78 is 14.8. The van der Waals surface area contributed by atoms with Gasteiger partial charge in [-0.3, -0.25) is 4.57 Å². The molecule has 0 rings (SSSR count). The third-order valence-electron chi connectivity index (χ3n) is 0.297. The van der Waals surface area contributed by atoms with Crippen molar-refractivity contribution in [1.82, 2.24) is 0 Å². The molecule has 0 aliphatic rings. The zero-order valence-corrected chi connectivity index (χ0v) is 6.55. The van der Waals surface area contributed by atoms with Gasteiger partial charge < -0.3 is 4.52 Å². The molecule has 0 aromatic rings. The van der Waals surface area contributed by atoms with Crippen molar-refractivity contribution in [2.45, 2.75) is 6.92 Å². The molecule has 0 aromatic carbocycles. The minimum atomic E-state index is -2.78. The first-order chi connectivity index (χ1) is 3.06. The summed E-state index contributed by atoms with van der Waals surface area (Å²) in [5.41, 5.74) is 0. The van der Waals surface area contributed by atoms with Crippen LogP contribution in [0.4, 0.5) is 0 Å². The fourth-order valence-corrected chi connectivity index (χ4v) is 1.20. The van der Waals surface area contributed by atoms with Crippen LogP contribution in [-0.4, -0.2) is 36.2 Å². The van der Waals surface area contributed by atoms with Gasteiger partial charge in [0.25, 0.3) is 0 Å². The molecule has 8 heavy (non-hydrogen) atoms. The number of hydrogen-bond donors (Lipinski definition) is 2. The van der Waals surface area contributed by atoms with Gasteiger partial charge in [-0.05, 0) is 6.92 Å². The summed E-state index contributed by atoms with van der Waals surface area (Å²) in [6.45, 7) is 2.13. The Labute approximate surface area is 81.8 Å². The monoisotopic (exact) mass is 182 g/mol. The molecule has 0 aromatic heterocycles. The van der Waals surface area contributed by atoms with Crippen molar-refractivity contribution in [2.75, 3.05) is 6.61 Å². The Morgan fingerprint density at radius 2 is 2.00 bits per heavy atom. The van der Waals surface area contributed by atoms with E-state index in [0.717, 1.165) is 0 Å². The van der Waals surface area contributed by atoms with Crippen molar-refractivity contribution in [1.29, 1.82) is 0 Å². The maximum absolute atomic E-state index is 10.3. The van der Waals surface area contributed by atoms with E-state index in [2.05, 4.69) is 29.0 Å². The van der Waals surface area contributed by atoms with E-state index >= 15 is 0 Å². The molecule has 0 aliphatic carbocycles. The summed E-state index contributed by atoms with van der Waals surface area (Å²) in [6.07, 6.45) is 0. The second-order valence-electron chi connectivity index (χ2n) is 0.908. The Balaban J connectivity index is 0. The van der Waals surface area contributed by atoms with Gasteiger partial charge in [-0.1, -0.05) is 24.5 Å². The van der Waals surface area contributed by atoms with Crippen molar-refractivity contribution in [3.63, 3.8) is 0 Å². The van der Waals surface area contributed by atoms with Crippen LogP contribution in [0, 0.1) is 0 Å². The summed E-state index contributed by atoms with van der Waals surface area (Å²) in [5.74, 6) is -2.78. The van der Waals surface area contributed by atoms with Gasteiger partial charge in [0.15, 0.2) is 0 Å². The molecule has 46 valence electrons. The van der Waals surface area contributed by atoms with Gasteiger partial charge >= 0.3 is 35.3 Å². The standard InChI is InChI=1S/C2H7O2PS2.Na.H/c1-2-4-5(3,6)7;;/h2H2,1H3,(H2,3,6,7);;. The molecule has 0 radical (unpaired) electrons. The van der Waals surface area contributed by atoms with Crippen molar-refractivity contribution < 1.29 is 9.09 Å². The topological polar surface area (TPSA) is 26.3 Å². The number of hydrogen-bond acceptors (Lipinski definition) is 2. The summed E-state index contributed by atoms with van der Waals surface area (Å²) in [4.78, 5) is 0. The first-order valence-corrected chi connectivity index (χ1v) is 5.69. The van der Waals surface area contributed by atoms with Gasteiger partial charge in [0.05, 0.1) is 6.61 Å². The van der Waals surface area contributed by atoms with Crippen molar-refractivity contribution in [2.24, 2.45) is 0 Å². The molecule has 0 fully saturated rings. The van der Waals surface area contributed by atoms with Gasteiger partial charge in [-0.25, -0.2) is 0 Å². The van der Waals surface area contributed by atoms with Gasteiger partial charge in [-0.2, -0.15) is 0 Å². The third-order valence-corrected chi connectivity index (χ3v) is 1.58. The van der Waals surface area contributed by atoms with E-state index in [4.69, 9.17) is 0 Å². The average molecular weight is 182 g/mol. The van der Waals surface area contributed by atoms with E-state index in [-0.39, 0.29) is 29.6 Å². The summed E-state index contributed by atoms with van der Waals surface area (Å²) in [5, 5.41) is 0. The van der Waals surface area contributed by atoms with Crippen molar-refractivity contribution in [3.05, 3.63) is 0 Å². The van der Waals surface area contributed by atoms with Crippen LogP contribution < -0.4 is 0 Å². The van der Waals surface area contributed by atoms with Crippen LogP contribution in [0.5, 0.6) is 0 Å². The number of rotatable bonds is 2. The summed E-state index contributed by atoms with van der Waals surface area (Å²) in [6, 6.07) is 0. The van der Waals surface area contributed by atoms with Crippen molar-refractivity contribution >= 4 is 59.8 Å². The molecule has 0 atom stereocenters. The Hall–Kier alpha value is 1.89. The van der Waals surface area contributed by atoms with Crippen LogP contribution in [-0.2, 0) is 9.09 Å². The Kier molecular flexibility index (Phi) is 8.88. The van der Waals surface area contributed by atoms with E-state index in [1.807, 2.05) is 0 Å². The fraction of sp³-hybridized carbons (Fsp3) is 1.00. The molecule has 6 heteroatoms. The molecule has 0 saturated carbocycles. The third kappa shape index (κ3) is 10.8.